The molecule has 2 aromatic rings. The summed E-state index contributed by atoms with van der Waals surface area (Å²) in [5.41, 5.74) is 0.125. The van der Waals surface area contributed by atoms with Crippen molar-refractivity contribution >= 4 is 5.84 Å². The minimum Gasteiger partial charge on any atom is -0.428 e. The molecule has 0 saturated heterocycles. The van der Waals surface area contributed by atoms with Gasteiger partial charge < -0.3 is 9.75 Å². The maximum Gasteiger partial charge on any atom is 0.461 e. The van der Waals surface area contributed by atoms with Crippen LogP contribution in [0, 0.1) is 0 Å². The van der Waals surface area contributed by atoms with Gasteiger partial charge >= 0.3 is 12.5 Å². The normalized spacial score (nSPS) is 12.6. The van der Waals surface area contributed by atoms with Gasteiger partial charge in [0, 0.05) is 26.5 Å². The van der Waals surface area contributed by atoms with E-state index in [0.717, 1.165) is 0 Å². The number of rotatable bonds is 5. The van der Waals surface area contributed by atoms with Crippen molar-refractivity contribution in [1.82, 2.24) is 14.6 Å². The second kappa shape index (κ2) is 6.67. The molecular weight excluding hydrogens is 316 g/mol. The van der Waals surface area contributed by atoms with Crippen molar-refractivity contribution in [3.8, 4) is 5.75 Å². The van der Waals surface area contributed by atoms with Crippen molar-refractivity contribution in [1.29, 1.82) is 0 Å². The minimum atomic E-state index is -4.60. The number of benzene rings is 1. The van der Waals surface area contributed by atoms with E-state index in [1.807, 2.05) is 0 Å². The third kappa shape index (κ3) is 3.99. The predicted molar refractivity (Wildman–Crippen MR) is 75.9 cm³/mol. The lowest BCUT2D eigenvalue weighted by atomic mass is 10.2. The third-order valence-electron chi connectivity index (χ3n) is 2.67. The molecule has 1 aromatic carbocycles. The molecule has 0 atom stereocenters. The summed E-state index contributed by atoms with van der Waals surface area (Å²) in [6, 6.07) is 5.58. The van der Waals surface area contributed by atoms with E-state index in [0.29, 0.717) is 0 Å². The van der Waals surface area contributed by atoms with Crippen LogP contribution in [-0.4, -0.2) is 47.0 Å². The Labute approximate surface area is 129 Å². The Balaban J connectivity index is 2.49. The first-order chi connectivity index (χ1) is 10.8. The third-order valence-corrected chi connectivity index (χ3v) is 2.67. The number of halogens is 4. The molecule has 0 aliphatic carbocycles. The summed E-state index contributed by atoms with van der Waals surface area (Å²) in [5.74, 6) is -0.208. The fourth-order valence-electron chi connectivity index (χ4n) is 1.75. The molecule has 9 heteroatoms. The van der Waals surface area contributed by atoms with Crippen LogP contribution >= 0.6 is 0 Å². The van der Waals surface area contributed by atoms with Crippen LogP contribution in [0.15, 0.2) is 48.1 Å². The number of aromatic nitrogens is 2. The van der Waals surface area contributed by atoms with Gasteiger partial charge in [0.05, 0.1) is 5.56 Å². The van der Waals surface area contributed by atoms with Gasteiger partial charge in [0.2, 0.25) is 0 Å². The molecule has 0 radical (unpaired) electrons. The maximum absolute atomic E-state index is 13.2. The second-order valence-electron chi connectivity index (χ2n) is 4.70. The molecule has 0 bridgehead atoms. The molecule has 0 fully saturated rings. The smallest absolute Gasteiger partial charge is 0.428 e. The van der Waals surface area contributed by atoms with E-state index in [2.05, 4.69) is 14.8 Å². The molecule has 0 spiro atoms. The molecule has 0 amide bonds. The van der Waals surface area contributed by atoms with E-state index in [4.69, 9.17) is 0 Å². The highest BCUT2D eigenvalue weighted by molar-refractivity contribution is 6.02. The Morgan fingerprint density at radius 2 is 2.00 bits per heavy atom. The Morgan fingerprint density at radius 3 is 2.57 bits per heavy atom. The van der Waals surface area contributed by atoms with Crippen LogP contribution in [-0.2, 0) is 0 Å². The van der Waals surface area contributed by atoms with Gasteiger partial charge in [-0.05, 0) is 12.1 Å². The highest BCUT2D eigenvalue weighted by atomic mass is 19.3. The van der Waals surface area contributed by atoms with Gasteiger partial charge in [-0.25, -0.2) is 4.98 Å². The zero-order chi connectivity index (χ0) is 17.0. The Bertz CT molecular complexity index is 671. The Hall–Kier alpha value is -2.58. The maximum atomic E-state index is 13.2. The van der Waals surface area contributed by atoms with Crippen LogP contribution in [0.5, 0.6) is 5.75 Å². The summed E-state index contributed by atoms with van der Waals surface area (Å²) in [6.07, 6.45) is -4.12. The van der Waals surface area contributed by atoms with Gasteiger partial charge in [-0.15, -0.1) is 0 Å². The van der Waals surface area contributed by atoms with Crippen molar-refractivity contribution in [2.45, 2.75) is 12.5 Å². The van der Waals surface area contributed by atoms with Gasteiger partial charge in [-0.1, -0.05) is 12.1 Å². The lowest BCUT2D eigenvalue weighted by molar-refractivity contribution is -0.253. The molecule has 5 nitrogen and oxygen atoms in total. The number of alkyl halides is 4. The Kier molecular flexibility index (Phi) is 4.87. The van der Waals surface area contributed by atoms with Crippen LogP contribution < -0.4 is 4.74 Å². The lowest BCUT2D eigenvalue weighted by Gasteiger charge is -2.20. The predicted octanol–water partition coefficient (Wildman–Crippen LogP) is 2.89. The highest BCUT2D eigenvalue weighted by Crippen LogP contribution is 2.30. The van der Waals surface area contributed by atoms with E-state index in [9.17, 15) is 17.6 Å². The second-order valence-corrected chi connectivity index (χ2v) is 4.70. The van der Waals surface area contributed by atoms with Gasteiger partial charge in [-0.3, -0.25) is 4.57 Å². The van der Waals surface area contributed by atoms with Gasteiger partial charge in [-0.2, -0.15) is 22.7 Å². The van der Waals surface area contributed by atoms with Crippen LogP contribution in [0.4, 0.5) is 17.6 Å². The minimum absolute atomic E-state index is 0.125. The SMILES string of the molecule is CN(C)/N=C(/c1ccccc1OC(F)(F)C(F)F)n1ccnc1. The monoisotopic (exact) mass is 330 g/mol. The number of imidazole rings is 1. The molecule has 124 valence electrons. The van der Waals surface area contributed by atoms with Crippen molar-refractivity contribution in [2.24, 2.45) is 5.10 Å². The first-order valence-electron chi connectivity index (χ1n) is 6.50. The fraction of sp³-hybridized carbons (Fsp3) is 0.286. The highest BCUT2D eigenvalue weighted by Gasteiger charge is 2.44. The van der Waals surface area contributed by atoms with Crippen LogP contribution in [0.2, 0.25) is 0 Å². The summed E-state index contributed by atoms with van der Waals surface area (Å²) < 4.78 is 56.9. The number of ether oxygens (including phenoxy) is 1. The zero-order valence-electron chi connectivity index (χ0n) is 12.3. The number of para-hydroxylation sites is 1. The molecule has 0 saturated carbocycles. The molecule has 1 aromatic heterocycles. The average Bonchev–Trinajstić information content (AvgIpc) is 2.99. The largest absolute Gasteiger partial charge is 0.461 e. The fourth-order valence-corrected chi connectivity index (χ4v) is 1.75. The van der Waals surface area contributed by atoms with E-state index in [1.165, 1.54) is 40.3 Å². The quantitative estimate of drug-likeness (QED) is 0.366. The van der Waals surface area contributed by atoms with Crippen molar-refractivity contribution < 1.29 is 22.3 Å². The van der Waals surface area contributed by atoms with Crippen LogP contribution in [0.3, 0.4) is 0 Å². The first kappa shape index (κ1) is 16.8. The number of hydrogen-bond donors (Lipinski definition) is 0. The summed E-state index contributed by atoms with van der Waals surface area (Å²) in [6.45, 7) is 0. The molecule has 0 N–H and O–H groups in total. The molecule has 0 unspecified atom stereocenters. The number of nitrogens with zero attached hydrogens (tertiary/aromatic N) is 4. The number of hydrazone groups is 1. The molecule has 23 heavy (non-hydrogen) atoms. The van der Waals surface area contributed by atoms with Crippen molar-refractivity contribution in [3.05, 3.63) is 48.5 Å². The van der Waals surface area contributed by atoms with Crippen molar-refractivity contribution in [3.63, 3.8) is 0 Å². The van der Waals surface area contributed by atoms with Crippen LogP contribution in [0.1, 0.15) is 5.56 Å². The van der Waals surface area contributed by atoms with E-state index >= 15 is 0 Å². The number of hydrogen-bond acceptors (Lipinski definition) is 4. The van der Waals surface area contributed by atoms with Crippen molar-refractivity contribution in [2.75, 3.05) is 14.1 Å². The van der Waals surface area contributed by atoms with Gasteiger partial charge in [0.15, 0.2) is 5.84 Å². The summed E-state index contributed by atoms with van der Waals surface area (Å²) in [5, 5.41) is 5.63. The lowest BCUT2D eigenvalue weighted by Crippen LogP contribution is -2.34. The topological polar surface area (TPSA) is 42.6 Å². The first-order valence-corrected chi connectivity index (χ1v) is 6.50. The molecule has 0 aliphatic rings. The summed E-state index contributed by atoms with van der Waals surface area (Å²) in [7, 11) is 3.27. The van der Waals surface area contributed by atoms with E-state index in [-0.39, 0.29) is 11.4 Å². The molecule has 1 heterocycles. The summed E-state index contributed by atoms with van der Waals surface area (Å²) >= 11 is 0. The van der Waals surface area contributed by atoms with Gasteiger partial charge in [0.1, 0.15) is 12.1 Å². The molecule has 2 rings (SSSR count). The van der Waals surface area contributed by atoms with Gasteiger partial charge in [0.25, 0.3) is 0 Å². The van der Waals surface area contributed by atoms with E-state index in [1.54, 1.807) is 26.4 Å². The average molecular weight is 330 g/mol. The Morgan fingerprint density at radius 1 is 1.30 bits per heavy atom. The van der Waals surface area contributed by atoms with Crippen LogP contribution in [0.25, 0.3) is 0 Å². The van der Waals surface area contributed by atoms with E-state index < -0.39 is 18.3 Å². The molecule has 0 aliphatic heterocycles. The molecular formula is C14H14F4N4O. The zero-order valence-corrected chi connectivity index (χ0v) is 12.3. The standard InChI is InChI=1S/C14H14F4N4O/c1-21(2)20-12(22-8-7-19-9-22)10-5-3-4-6-11(10)23-14(17,18)13(15)16/h3-9,13H,1-2H3/b20-12-. The summed E-state index contributed by atoms with van der Waals surface area (Å²) in [4.78, 5) is 3.86.